The van der Waals surface area contributed by atoms with E-state index in [9.17, 15) is 4.79 Å². The van der Waals surface area contributed by atoms with E-state index in [1.807, 2.05) is 20.8 Å². The Morgan fingerprint density at radius 3 is 2.29 bits per heavy atom. The van der Waals surface area contributed by atoms with Gasteiger partial charge in [-0.25, -0.2) is 4.79 Å². The number of amides is 1. The highest BCUT2D eigenvalue weighted by Gasteiger charge is 2.28. The van der Waals surface area contributed by atoms with E-state index in [0.717, 1.165) is 25.7 Å². The van der Waals surface area contributed by atoms with E-state index in [1.54, 1.807) is 0 Å². The summed E-state index contributed by atoms with van der Waals surface area (Å²) in [6, 6.07) is 1.25. The zero-order chi connectivity index (χ0) is 17.6. The van der Waals surface area contributed by atoms with Crippen molar-refractivity contribution in [3.05, 3.63) is 0 Å². The standard InChI is InChI=1S/C19H37N3O2/c1-19(2,3)24-18(23)21-13-17(14-7-5-4-6-8-14)22-16-11-9-15(20)10-12-16/h14-17,22H,4-13,20H2,1-3H3,(H,21,23). The molecule has 0 aromatic heterocycles. The Bertz CT molecular complexity index is 381. The molecule has 2 fully saturated rings. The highest BCUT2D eigenvalue weighted by molar-refractivity contribution is 5.67. The van der Waals surface area contributed by atoms with Crippen LogP contribution in [0.5, 0.6) is 0 Å². The number of hydrogen-bond donors (Lipinski definition) is 3. The van der Waals surface area contributed by atoms with Gasteiger partial charge in [0, 0.05) is 24.7 Å². The number of carbonyl (C=O) groups excluding carboxylic acids is 1. The molecular weight excluding hydrogens is 302 g/mol. The molecule has 24 heavy (non-hydrogen) atoms. The number of alkyl carbamates (subject to hydrolysis) is 1. The second-order valence-corrected chi connectivity index (χ2v) is 8.67. The van der Waals surface area contributed by atoms with Crippen molar-refractivity contribution in [2.24, 2.45) is 11.7 Å². The molecule has 0 aliphatic heterocycles. The van der Waals surface area contributed by atoms with E-state index in [1.165, 1.54) is 32.1 Å². The van der Waals surface area contributed by atoms with E-state index >= 15 is 0 Å². The molecule has 4 N–H and O–H groups in total. The quantitative estimate of drug-likeness (QED) is 0.718. The number of nitrogens with one attached hydrogen (secondary N) is 2. The van der Waals surface area contributed by atoms with Gasteiger partial charge < -0.3 is 21.1 Å². The van der Waals surface area contributed by atoms with Crippen LogP contribution in [0.3, 0.4) is 0 Å². The largest absolute Gasteiger partial charge is 0.444 e. The third-order valence-corrected chi connectivity index (χ3v) is 5.31. The van der Waals surface area contributed by atoms with Crippen molar-refractivity contribution in [1.29, 1.82) is 0 Å². The molecule has 0 bridgehead atoms. The Kier molecular flexibility index (Phi) is 7.35. The normalized spacial score (nSPS) is 27.5. The topological polar surface area (TPSA) is 76.4 Å². The molecule has 1 amide bonds. The van der Waals surface area contributed by atoms with Crippen molar-refractivity contribution in [2.45, 2.75) is 102 Å². The van der Waals surface area contributed by atoms with Gasteiger partial charge in [0.25, 0.3) is 0 Å². The van der Waals surface area contributed by atoms with Crippen LogP contribution in [-0.2, 0) is 4.74 Å². The van der Waals surface area contributed by atoms with E-state index in [2.05, 4.69) is 10.6 Å². The fourth-order valence-electron chi connectivity index (χ4n) is 3.99. The van der Waals surface area contributed by atoms with Gasteiger partial charge in [0.15, 0.2) is 0 Å². The van der Waals surface area contributed by atoms with Gasteiger partial charge in [-0.15, -0.1) is 0 Å². The summed E-state index contributed by atoms with van der Waals surface area (Å²) in [5.41, 5.74) is 5.58. The summed E-state index contributed by atoms with van der Waals surface area (Å²) in [6.07, 6.45) is 10.7. The molecule has 1 atom stereocenters. The van der Waals surface area contributed by atoms with Gasteiger partial charge in [0.1, 0.15) is 5.60 Å². The van der Waals surface area contributed by atoms with Crippen LogP contribution in [0.2, 0.25) is 0 Å². The van der Waals surface area contributed by atoms with Crippen LogP contribution in [0.4, 0.5) is 4.79 Å². The minimum atomic E-state index is -0.447. The summed E-state index contributed by atoms with van der Waals surface area (Å²) < 4.78 is 5.39. The number of carbonyl (C=O) groups is 1. The van der Waals surface area contributed by atoms with Crippen LogP contribution in [0, 0.1) is 5.92 Å². The maximum absolute atomic E-state index is 12.0. The lowest BCUT2D eigenvalue weighted by Gasteiger charge is -2.36. The summed E-state index contributed by atoms with van der Waals surface area (Å²) in [5, 5.41) is 6.83. The summed E-state index contributed by atoms with van der Waals surface area (Å²) in [6.45, 7) is 6.35. The van der Waals surface area contributed by atoms with Crippen molar-refractivity contribution in [3.8, 4) is 0 Å². The molecule has 2 saturated carbocycles. The maximum Gasteiger partial charge on any atom is 0.407 e. The molecule has 5 nitrogen and oxygen atoms in total. The lowest BCUT2D eigenvalue weighted by Crippen LogP contribution is -2.51. The molecule has 2 aliphatic carbocycles. The molecule has 0 saturated heterocycles. The fourth-order valence-corrected chi connectivity index (χ4v) is 3.99. The first kappa shape index (κ1) is 19.5. The predicted molar refractivity (Wildman–Crippen MR) is 98.0 cm³/mol. The predicted octanol–water partition coefficient (Wildman–Crippen LogP) is 3.32. The first-order valence-electron chi connectivity index (χ1n) is 9.82. The van der Waals surface area contributed by atoms with Crippen LogP contribution in [0.15, 0.2) is 0 Å². The summed E-state index contributed by atoms with van der Waals surface area (Å²) in [4.78, 5) is 12.0. The van der Waals surface area contributed by atoms with Crippen molar-refractivity contribution < 1.29 is 9.53 Å². The zero-order valence-corrected chi connectivity index (χ0v) is 15.8. The second-order valence-electron chi connectivity index (χ2n) is 8.67. The van der Waals surface area contributed by atoms with Gasteiger partial charge in [-0.05, 0) is 65.2 Å². The van der Waals surface area contributed by atoms with Gasteiger partial charge in [0.2, 0.25) is 0 Å². The van der Waals surface area contributed by atoms with Gasteiger partial charge in [-0.3, -0.25) is 0 Å². The summed E-state index contributed by atoms with van der Waals surface area (Å²) in [7, 11) is 0. The first-order valence-corrected chi connectivity index (χ1v) is 9.82. The SMILES string of the molecule is CC(C)(C)OC(=O)NCC(NC1CCC(N)CC1)C1CCCCC1. The van der Waals surface area contributed by atoms with Crippen LogP contribution < -0.4 is 16.4 Å². The maximum atomic E-state index is 12.0. The van der Waals surface area contributed by atoms with Crippen LogP contribution in [0.25, 0.3) is 0 Å². The summed E-state index contributed by atoms with van der Waals surface area (Å²) >= 11 is 0. The molecule has 0 spiro atoms. The number of nitrogens with two attached hydrogens (primary N) is 1. The van der Waals surface area contributed by atoms with Crippen LogP contribution >= 0.6 is 0 Å². The van der Waals surface area contributed by atoms with Crippen molar-refractivity contribution in [3.63, 3.8) is 0 Å². The molecule has 0 aromatic carbocycles. The van der Waals surface area contributed by atoms with E-state index in [4.69, 9.17) is 10.5 Å². The average molecular weight is 340 g/mol. The Labute approximate surface area is 147 Å². The first-order chi connectivity index (χ1) is 11.3. The number of ether oxygens (including phenoxy) is 1. The lowest BCUT2D eigenvalue weighted by atomic mass is 9.82. The molecule has 0 radical (unpaired) electrons. The zero-order valence-electron chi connectivity index (χ0n) is 15.8. The lowest BCUT2D eigenvalue weighted by molar-refractivity contribution is 0.0513. The summed E-state index contributed by atoms with van der Waals surface area (Å²) in [5.74, 6) is 0.657. The van der Waals surface area contributed by atoms with Gasteiger partial charge in [-0.1, -0.05) is 19.3 Å². The van der Waals surface area contributed by atoms with E-state index in [0.29, 0.717) is 30.6 Å². The Morgan fingerprint density at radius 1 is 1.08 bits per heavy atom. The highest BCUT2D eigenvalue weighted by Crippen LogP contribution is 2.28. The number of rotatable bonds is 5. The Morgan fingerprint density at radius 2 is 1.71 bits per heavy atom. The van der Waals surface area contributed by atoms with E-state index < -0.39 is 5.60 Å². The van der Waals surface area contributed by atoms with Crippen molar-refractivity contribution in [2.75, 3.05) is 6.54 Å². The van der Waals surface area contributed by atoms with Crippen molar-refractivity contribution >= 4 is 6.09 Å². The molecule has 140 valence electrons. The number of hydrogen-bond acceptors (Lipinski definition) is 4. The molecule has 5 heteroatoms. The monoisotopic (exact) mass is 339 g/mol. The third kappa shape index (κ3) is 6.98. The molecular formula is C19H37N3O2. The molecule has 0 heterocycles. The minimum absolute atomic E-state index is 0.309. The Hall–Kier alpha value is -0.810. The highest BCUT2D eigenvalue weighted by atomic mass is 16.6. The molecule has 0 aromatic rings. The fraction of sp³-hybridized carbons (Fsp3) is 0.947. The van der Waals surface area contributed by atoms with Crippen LogP contribution in [0.1, 0.15) is 78.6 Å². The van der Waals surface area contributed by atoms with Crippen LogP contribution in [-0.4, -0.2) is 36.4 Å². The molecule has 2 rings (SSSR count). The smallest absolute Gasteiger partial charge is 0.407 e. The third-order valence-electron chi connectivity index (χ3n) is 5.31. The van der Waals surface area contributed by atoms with Gasteiger partial charge in [0.05, 0.1) is 0 Å². The Balaban J connectivity index is 1.86. The average Bonchev–Trinajstić information content (AvgIpc) is 2.52. The van der Waals surface area contributed by atoms with E-state index in [-0.39, 0.29) is 6.09 Å². The van der Waals surface area contributed by atoms with Gasteiger partial charge >= 0.3 is 6.09 Å². The second kappa shape index (κ2) is 9.04. The minimum Gasteiger partial charge on any atom is -0.444 e. The molecule has 1 unspecified atom stereocenters. The van der Waals surface area contributed by atoms with Crippen molar-refractivity contribution in [1.82, 2.24) is 10.6 Å². The van der Waals surface area contributed by atoms with Gasteiger partial charge in [-0.2, -0.15) is 0 Å². The molecule has 2 aliphatic rings.